The van der Waals surface area contributed by atoms with Gasteiger partial charge in [-0.25, -0.2) is 9.67 Å². The number of hydrogen-bond donors (Lipinski definition) is 1. The van der Waals surface area contributed by atoms with Crippen LogP contribution in [0.15, 0.2) is 12.7 Å². The first-order valence-electron chi connectivity index (χ1n) is 5.67. The highest BCUT2D eigenvalue weighted by Gasteiger charge is 2.39. The molecule has 86 valence electrons. The summed E-state index contributed by atoms with van der Waals surface area (Å²) in [5, 5.41) is 7.29. The summed E-state index contributed by atoms with van der Waals surface area (Å²) in [5.41, 5.74) is 0. The van der Waals surface area contributed by atoms with Gasteiger partial charge in [-0.05, 0) is 12.3 Å². The topological polar surface area (TPSA) is 63.1 Å². The Morgan fingerprint density at radius 1 is 1.50 bits per heavy atom. The highest BCUT2D eigenvalue weighted by atomic mass is 16.2. The number of amides is 1. The first kappa shape index (κ1) is 9.77. The van der Waals surface area contributed by atoms with E-state index < -0.39 is 0 Å². The van der Waals surface area contributed by atoms with Gasteiger partial charge in [0.2, 0.25) is 5.91 Å². The Morgan fingerprint density at radius 2 is 2.44 bits per heavy atom. The molecule has 1 aromatic rings. The van der Waals surface area contributed by atoms with Gasteiger partial charge in [0, 0.05) is 25.7 Å². The second-order valence-corrected chi connectivity index (χ2v) is 4.45. The molecule has 1 amide bonds. The molecule has 2 aliphatic rings. The SMILES string of the molecule is O=C(Cn1cncn1)N1CC[C@H]2CNC[C@H]21. The molecule has 1 N–H and O–H groups in total. The van der Waals surface area contributed by atoms with Crippen molar-refractivity contribution in [1.82, 2.24) is 25.0 Å². The third-order valence-corrected chi connectivity index (χ3v) is 3.53. The van der Waals surface area contributed by atoms with Gasteiger partial charge in [0.15, 0.2) is 0 Å². The molecule has 2 aliphatic heterocycles. The number of rotatable bonds is 2. The summed E-state index contributed by atoms with van der Waals surface area (Å²) in [7, 11) is 0. The van der Waals surface area contributed by atoms with Crippen LogP contribution in [0.5, 0.6) is 0 Å². The highest BCUT2D eigenvalue weighted by Crippen LogP contribution is 2.27. The van der Waals surface area contributed by atoms with E-state index in [1.807, 2.05) is 4.90 Å². The van der Waals surface area contributed by atoms with E-state index in [0.29, 0.717) is 18.5 Å². The second-order valence-electron chi connectivity index (χ2n) is 4.45. The lowest BCUT2D eigenvalue weighted by Crippen LogP contribution is -2.40. The van der Waals surface area contributed by atoms with Crippen molar-refractivity contribution in [2.45, 2.75) is 19.0 Å². The van der Waals surface area contributed by atoms with E-state index >= 15 is 0 Å². The molecule has 0 saturated carbocycles. The fourth-order valence-electron chi connectivity index (χ4n) is 2.70. The number of fused-ring (bicyclic) bond motifs is 1. The first-order valence-corrected chi connectivity index (χ1v) is 5.67. The van der Waals surface area contributed by atoms with Gasteiger partial charge >= 0.3 is 0 Å². The minimum Gasteiger partial charge on any atom is -0.336 e. The minimum absolute atomic E-state index is 0.154. The van der Waals surface area contributed by atoms with Crippen LogP contribution < -0.4 is 5.32 Å². The van der Waals surface area contributed by atoms with Crippen LogP contribution in [0.1, 0.15) is 6.42 Å². The monoisotopic (exact) mass is 221 g/mol. The zero-order chi connectivity index (χ0) is 11.0. The van der Waals surface area contributed by atoms with Crippen molar-refractivity contribution in [1.29, 1.82) is 0 Å². The smallest absolute Gasteiger partial charge is 0.244 e. The average molecular weight is 221 g/mol. The largest absolute Gasteiger partial charge is 0.336 e. The van der Waals surface area contributed by atoms with Crippen molar-refractivity contribution in [3.63, 3.8) is 0 Å². The zero-order valence-corrected chi connectivity index (χ0v) is 9.04. The molecule has 16 heavy (non-hydrogen) atoms. The van der Waals surface area contributed by atoms with Crippen molar-refractivity contribution < 1.29 is 4.79 Å². The Balaban J connectivity index is 1.67. The first-order chi connectivity index (χ1) is 7.84. The van der Waals surface area contributed by atoms with Crippen molar-refractivity contribution in [3.05, 3.63) is 12.7 Å². The Labute approximate surface area is 93.6 Å². The van der Waals surface area contributed by atoms with E-state index in [1.54, 1.807) is 11.0 Å². The van der Waals surface area contributed by atoms with E-state index in [9.17, 15) is 4.79 Å². The van der Waals surface area contributed by atoms with E-state index in [0.717, 1.165) is 26.1 Å². The van der Waals surface area contributed by atoms with Crippen LogP contribution in [-0.4, -0.2) is 51.2 Å². The van der Waals surface area contributed by atoms with Crippen LogP contribution in [0.25, 0.3) is 0 Å². The van der Waals surface area contributed by atoms with Gasteiger partial charge in [0.1, 0.15) is 19.2 Å². The van der Waals surface area contributed by atoms with Crippen LogP contribution in [0.2, 0.25) is 0 Å². The molecule has 0 bridgehead atoms. The molecular weight excluding hydrogens is 206 g/mol. The van der Waals surface area contributed by atoms with E-state index in [4.69, 9.17) is 0 Å². The van der Waals surface area contributed by atoms with E-state index in [2.05, 4.69) is 15.4 Å². The Hall–Kier alpha value is -1.43. The predicted molar refractivity (Wildman–Crippen MR) is 56.5 cm³/mol. The van der Waals surface area contributed by atoms with Gasteiger partial charge in [0.05, 0.1) is 0 Å². The van der Waals surface area contributed by atoms with Gasteiger partial charge in [-0.2, -0.15) is 5.10 Å². The van der Waals surface area contributed by atoms with Gasteiger partial charge in [-0.3, -0.25) is 4.79 Å². The van der Waals surface area contributed by atoms with Crippen LogP contribution in [-0.2, 0) is 11.3 Å². The lowest BCUT2D eigenvalue weighted by Gasteiger charge is -2.23. The third-order valence-electron chi connectivity index (χ3n) is 3.53. The Bertz CT molecular complexity index is 377. The van der Waals surface area contributed by atoms with Crippen LogP contribution in [0.4, 0.5) is 0 Å². The lowest BCUT2D eigenvalue weighted by molar-refractivity contribution is -0.132. The number of carbonyl (C=O) groups excluding carboxylic acids is 1. The molecule has 2 atom stereocenters. The molecule has 6 heteroatoms. The molecule has 0 aromatic carbocycles. The van der Waals surface area contributed by atoms with Crippen LogP contribution >= 0.6 is 0 Å². The number of aromatic nitrogens is 3. The van der Waals surface area contributed by atoms with Crippen LogP contribution in [0, 0.1) is 5.92 Å². The fraction of sp³-hybridized carbons (Fsp3) is 0.700. The molecule has 2 saturated heterocycles. The standard InChI is InChI=1S/C10H15N5O/c16-10(5-14-7-12-6-13-14)15-2-1-8-3-11-4-9(8)15/h6-9,11H,1-5H2/t8-,9+/m0/s1. The summed E-state index contributed by atoms with van der Waals surface area (Å²) in [6.07, 6.45) is 4.16. The summed E-state index contributed by atoms with van der Waals surface area (Å²) in [6.45, 7) is 3.19. The number of nitrogens with one attached hydrogen (secondary N) is 1. The fourth-order valence-corrected chi connectivity index (χ4v) is 2.70. The minimum atomic E-state index is 0.154. The predicted octanol–water partition coefficient (Wildman–Crippen LogP) is -0.902. The lowest BCUT2D eigenvalue weighted by atomic mass is 10.1. The van der Waals surface area contributed by atoms with Gasteiger partial charge in [-0.15, -0.1) is 0 Å². The normalized spacial score (nSPS) is 28.4. The van der Waals surface area contributed by atoms with E-state index in [1.165, 1.54) is 6.33 Å². The van der Waals surface area contributed by atoms with Crippen molar-refractivity contribution in [2.24, 2.45) is 5.92 Å². The molecule has 0 unspecified atom stereocenters. The summed E-state index contributed by atoms with van der Waals surface area (Å²) >= 11 is 0. The number of nitrogens with zero attached hydrogens (tertiary/aromatic N) is 4. The van der Waals surface area contributed by atoms with E-state index in [-0.39, 0.29) is 5.91 Å². The average Bonchev–Trinajstić information content (AvgIpc) is 2.92. The molecule has 1 aromatic heterocycles. The number of likely N-dealkylation sites (tertiary alicyclic amines) is 1. The van der Waals surface area contributed by atoms with Crippen molar-refractivity contribution in [2.75, 3.05) is 19.6 Å². The molecule has 2 fully saturated rings. The summed E-state index contributed by atoms with van der Waals surface area (Å²) < 4.78 is 1.58. The maximum atomic E-state index is 12.1. The quantitative estimate of drug-likeness (QED) is 0.703. The number of hydrogen-bond acceptors (Lipinski definition) is 4. The summed E-state index contributed by atoms with van der Waals surface area (Å²) in [5.74, 6) is 0.807. The summed E-state index contributed by atoms with van der Waals surface area (Å²) in [4.78, 5) is 17.9. The molecule has 3 rings (SSSR count). The van der Waals surface area contributed by atoms with Crippen molar-refractivity contribution >= 4 is 5.91 Å². The maximum Gasteiger partial charge on any atom is 0.244 e. The van der Waals surface area contributed by atoms with Crippen LogP contribution in [0.3, 0.4) is 0 Å². The van der Waals surface area contributed by atoms with Gasteiger partial charge in [0.25, 0.3) is 0 Å². The highest BCUT2D eigenvalue weighted by molar-refractivity contribution is 5.76. The molecule has 0 spiro atoms. The molecule has 0 radical (unpaired) electrons. The second kappa shape index (κ2) is 3.86. The third kappa shape index (κ3) is 1.59. The number of carbonyl (C=O) groups is 1. The Kier molecular flexibility index (Phi) is 2.36. The molecular formula is C10H15N5O. The Morgan fingerprint density at radius 3 is 3.25 bits per heavy atom. The summed E-state index contributed by atoms with van der Waals surface area (Å²) in [6, 6.07) is 0.399. The van der Waals surface area contributed by atoms with Gasteiger partial charge < -0.3 is 10.2 Å². The maximum absolute atomic E-state index is 12.1. The molecule has 6 nitrogen and oxygen atoms in total. The molecule has 0 aliphatic carbocycles. The van der Waals surface area contributed by atoms with Crippen molar-refractivity contribution in [3.8, 4) is 0 Å². The van der Waals surface area contributed by atoms with Gasteiger partial charge in [-0.1, -0.05) is 0 Å². The zero-order valence-electron chi connectivity index (χ0n) is 9.04. The molecule has 3 heterocycles.